The zero-order chi connectivity index (χ0) is 16.5. The van der Waals surface area contributed by atoms with Crippen molar-refractivity contribution in [2.75, 3.05) is 0 Å². The number of carbonyl (C=O) groups is 1. The summed E-state index contributed by atoms with van der Waals surface area (Å²) in [5, 5.41) is 7.93. The zero-order valence-electron chi connectivity index (χ0n) is 12.5. The lowest BCUT2D eigenvalue weighted by atomic mass is 9.90. The third kappa shape index (κ3) is 3.02. The molecule has 1 aromatic carbocycles. The number of carbonyl (C=O) groups excluding carboxylic acids is 1. The molecule has 7 nitrogen and oxygen atoms in total. The molecule has 0 bridgehead atoms. The summed E-state index contributed by atoms with van der Waals surface area (Å²) in [4.78, 5) is 13.6. The van der Waals surface area contributed by atoms with E-state index in [1.807, 2.05) is 6.08 Å². The summed E-state index contributed by atoms with van der Waals surface area (Å²) in [6.45, 7) is 1.73. The first kappa shape index (κ1) is 15.4. The summed E-state index contributed by atoms with van der Waals surface area (Å²) in [5.41, 5.74) is -0.141. The van der Waals surface area contributed by atoms with E-state index in [0.29, 0.717) is 12.1 Å². The van der Waals surface area contributed by atoms with E-state index in [4.69, 9.17) is 0 Å². The number of allylic oxidation sites excluding steroid dienone is 1. The molecule has 1 atom stereocenters. The van der Waals surface area contributed by atoms with Gasteiger partial charge in [0.05, 0.1) is 28.4 Å². The van der Waals surface area contributed by atoms with Crippen LogP contribution in [0, 0.1) is 5.41 Å². The first-order chi connectivity index (χ1) is 10.9. The van der Waals surface area contributed by atoms with Crippen molar-refractivity contribution >= 4 is 15.9 Å². The lowest BCUT2D eigenvalue weighted by Gasteiger charge is -2.20. The largest absolute Gasteiger partial charge is 0.273 e. The quantitative estimate of drug-likeness (QED) is 0.855. The van der Waals surface area contributed by atoms with E-state index in [1.54, 1.807) is 25.1 Å². The fraction of sp³-hybridized carbons (Fsp3) is 0.267. The highest BCUT2D eigenvalue weighted by Crippen LogP contribution is 2.31. The molecular weight excluding hydrogens is 316 g/mol. The number of nitrogens with zero attached hydrogens (tertiary/aromatic N) is 3. The van der Waals surface area contributed by atoms with Crippen LogP contribution in [0.25, 0.3) is 5.69 Å². The minimum Gasteiger partial charge on any atom is -0.273 e. The highest BCUT2D eigenvalue weighted by atomic mass is 32.2. The summed E-state index contributed by atoms with van der Waals surface area (Å²) < 4.78 is 26.8. The Balaban J connectivity index is 1.80. The number of benzene rings is 1. The van der Waals surface area contributed by atoms with Crippen molar-refractivity contribution in [2.45, 2.75) is 24.7 Å². The molecular formula is C15H16N4O3S. The van der Waals surface area contributed by atoms with Crippen molar-refractivity contribution in [2.24, 2.45) is 5.41 Å². The maximum atomic E-state index is 12.3. The van der Waals surface area contributed by atoms with Crippen LogP contribution in [0.2, 0.25) is 0 Å². The average Bonchev–Trinajstić information content (AvgIpc) is 3.19. The Morgan fingerprint density at radius 2 is 1.87 bits per heavy atom. The van der Waals surface area contributed by atoms with Gasteiger partial charge in [-0.15, -0.1) is 0 Å². The fourth-order valence-corrected chi connectivity index (χ4v) is 3.49. The summed E-state index contributed by atoms with van der Waals surface area (Å²) in [6, 6.07) is 5.99. The van der Waals surface area contributed by atoms with Gasteiger partial charge in [-0.2, -0.15) is 15.0 Å². The van der Waals surface area contributed by atoms with Crippen LogP contribution in [0.5, 0.6) is 0 Å². The molecule has 1 aliphatic rings. The van der Waals surface area contributed by atoms with Gasteiger partial charge in [0, 0.05) is 0 Å². The van der Waals surface area contributed by atoms with E-state index in [2.05, 4.69) is 14.9 Å². The molecule has 2 aromatic rings. The standard InChI is InChI=1S/C15H16N4O3S/c1-15(8-2-3-9-15)14(20)18-23(21,22)13-6-4-12(5-7-13)19-16-10-11-17-19/h2,4-8,10-11H,3,9H2,1H3,(H,18,20). The Labute approximate surface area is 134 Å². The number of sulfonamides is 1. The molecule has 0 fully saturated rings. The van der Waals surface area contributed by atoms with Gasteiger partial charge >= 0.3 is 0 Å². The van der Waals surface area contributed by atoms with Gasteiger partial charge in [0.25, 0.3) is 10.0 Å². The average molecular weight is 332 g/mol. The highest BCUT2D eigenvalue weighted by molar-refractivity contribution is 7.90. The number of amides is 1. The van der Waals surface area contributed by atoms with Crippen molar-refractivity contribution in [3.05, 3.63) is 48.8 Å². The van der Waals surface area contributed by atoms with Gasteiger partial charge in [0.2, 0.25) is 5.91 Å². The maximum Gasteiger partial charge on any atom is 0.264 e. The molecule has 0 spiro atoms. The van der Waals surface area contributed by atoms with Gasteiger partial charge in [0.1, 0.15) is 0 Å². The predicted octanol–water partition coefficient (Wildman–Crippen LogP) is 1.43. The van der Waals surface area contributed by atoms with Crippen LogP contribution in [0.4, 0.5) is 0 Å². The second-order valence-corrected chi connectivity index (χ2v) is 7.29. The first-order valence-corrected chi connectivity index (χ1v) is 8.61. The van der Waals surface area contributed by atoms with Gasteiger partial charge in [-0.1, -0.05) is 12.2 Å². The SMILES string of the molecule is CC1(C(=O)NS(=O)(=O)c2ccc(-n3nccn3)cc2)C=CCC1. The molecule has 120 valence electrons. The Kier molecular flexibility index (Phi) is 3.77. The summed E-state index contributed by atoms with van der Waals surface area (Å²) in [7, 11) is -3.90. The van der Waals surface area contributed by atoms with Gasteiger partial charge in [-0.3, -0.25) is 4.79 Å². The number of rotatable bonds is 4. The molecule has 1 aliphatic carbocycles. The molecule has 3 rings (SSSR count). The summed E-state index contributed by atoms with van der Waals surface area (Å²) >= 11 is 0. The molecule has 23 heavy (non-hydrogen) atoms. The highest BCUT2D eigenvalue weighted by Gasteiger charge is 2.35. The van der Waals surface area contributed by atoms with Crippen molar-refractivity contribution in [1.82, 2.24) is 19.7 Å². The van der Waals surface area contributed by atoms with Gasteiger partial charge in [0.15, 0.2) is 0 Å². The van der Waals surface area contributed by atoms with Crippen molar-refractivity contribution < 1.29 is 13.2 Å². The molecule has 0 saturated carbocycles. The molecule has 1 aromatic heterocycles. The van der Waals surface area contributed by atoms with Crippen LogP contribution in [-0.4, -0.2) is 29.3 Å². The Bertz CT molecular complexity index is 841. The van der Waals surface area contributed by atoms with E-state index in [9.17, 15) is 13.2 Å². The van der Waals surface area contributed by atoms with E-state index in [1.165, 1.54) is 29.3 Å². The molecule has 0 saturated heterocycles. The Hall–Kier alpha value is -2.48. The zero-order valence-corrected chi connectivity index (χ0v) is 13.3. The van der Waals surface area contributed by atoms with Crippen molar-refractivity contribution in [3.8, 4) is 5.69 Å². The molecule has 0 aliphatic heterocycles. The predicted molar refractivity (Wildman–Crippen MR) is 83.2 cm³/mol. The third-order valence-corrected chi connectivity index (χ3v) is 5.21. The fourth-order valence-electron chi connectivity index (χ4n) is 2.40. The Morgan fingerprint density at radius 1 is 1.22 bits per heavy atom. The Morgan fingerprint density at radius 3 is 2.43 bits per heavy atom. The minimum absolute atomic E-state index is 0.0207. The summed E-state index contributed by atoms with van der Waals surface area (Å²) in [5.74, 6) is -0.510. The number of hydrogen-bond donors (Lipinski definition) is 1. The topological polar surface area (TPSA) is 94.0 Å². The van der Waals surface area contributed by atoms with E-state index >= 15 is 0 Å². The van der Waals surface area contributed by atoms with Crippen LogP contribution >= 0.6 is 0 Å². The molecule has 8 heteroatoms. The lowest BCUT2D eigenvalue weighted by Crippen LogP contribution is -2.40. The van der Waals surface area contributed by atoms with Crippen LogP contribution in [0.1, 0.15) is 19.8 Å². The van der Waals surface area contributed by atoms with Crippen LogP contribution in [0.15, 0.2) is 53.7 Å². The van der Waals surface area contributed by atoms with Gasteiger partial charge in [-0.05, 0) is 44.0 Å². The molecule has 1 N–H and O–H groups in total. The van der Waals surface area contributed by atoms with Crippen LogP contribution in [-0.2, 0) is 14.8 Å². The van der Waals surface area contributed by atoms with Crippen molar-refractivity contribution in [1.29, 1.82) is 0 Å². The van der Waals surface area contributed by atoms with Gasteiger partial charge in [-0.25, -0.2) is 13.1 Å². The minimum atomic E-state index is -3.90. The monoisotopic (exact) mass is 332 g/mol. The molecule has 1 amide bonds. The number of aromatic nitrogens is 3. The molecule has 1 unspecified atom stereocenters. The van der Waals surface area contributed by atoms with Crippen LogP contribution in [0.3, 0.4) is 0 Å². The van der Waals surface area contributed by atoms with Crippen LogP contribution < -0.4 is 4.72 Å². The lowest BCUT2D eigenvalue weighted by molar-refractivity contribution is -0.125. The maximum absolute atomic E-state index is 12.3. The second kappa shape index (κ2) is 5.62. The number of hydrogen-bond acceptors (Lipinski definition) is 5. The normalized spacial score (nSPS) is 20.6. The van der Waals surface area contributed by atoms with E-state index < -0.39 is 21.3 Å². The number of nitrogens with one attached hydrogen (secondary N) is 1. The molecule has 1 heterocycles. The molecule has 0 radical (unpaired) electrons. The van der Waals surface area contributed by atoms with E-state index in [0.717, 1.165) is 6.42 Å². The summed E-state index contributed by atoms with van der Waals surface area (Å²) in [6.07, 6.45) is 8.08. The third-order valence-electron chi connectivity index (χ3n) is 3.86. The van der Waals surface area contributed by atoms with Crippen molar-refractivity contribution in [3.63, 3.8) is 0 Å². The second-order valence-electron chi connectivity index (χ2n) is 5.61. The smallest absolute Gasteiger partial charge is 0.264 e. The van der Waals surface area contributed by atoms with E-state index in [-0.39, 0.29) is 4.90 Å². The van der Waals surface area contributed by atoms with Gasteiger partial charge < -0.3 is 0 Å². The first-order valence-electron chi connectivity index (χ1n) is 7.12.